The molecule has 0 bridgehead atoms. The third kappa shape index (κ3) is 3.20. The van der Waals surface area contributed by atoms with E-state index in [1.165, 1.54) is 6.20 Å². The number of pyridine rings is 1. The summed E-state index contributed by atoms with van der Waals surface area (Å²) in [6.45, 7) is 4.60. The van der Waals surface area contributed by atoms with Gasteiger partial charge in [-0.15, -0.1) is 0 Å². The first-order valence-electron chi connectivity index (χ1n) is 5.40. The van der Waals surface area contributed by atoms with Crippen LogP contribution in [0.15, 0.2) is 12.3 Å². The lowest BCUT2D eigenvalue weighted by atomic mass is 10.2. The first-order valence-corrected chi connectivity index (χ1v) is 5.40. The number of hydrogen-bond acceptors (Lipinski definition) is 4. The molecule has 4 N–H and O–H groups in total. The molecule has 0 aromatic carbocycles. The van der Waals surface area contributed by atoms with Gasteiger partial charge in [-0.05, 0) is 19.4 Å². The predicted octanol–water partition coefficient (Wildman–Crippen LogP) is 1.21. The second kappa shape index (κ2) is 6.07. The second-order valence-corrected chi connectivity index (χ2v) is 3.63. The molecule has 0 atom stereocenters. The van der Waals surface area contributed by atoms with E-state index in [2.05, 4.69) is 22.7 Å². The smallest absolute Gasteiger partial charge is 0.255 e. The van der Waals surface area contributed by atoms with Crippen molar-refractivity contribution in [1.82, 2.24) is 10.3 Å². The van der Waals surface area contributed by atoms with Crippen LogP contribution in [0.4, 0.5) is 5.69 Å². The molecule has 1 aromatic rings. The fourth-order valence-electron chi connectivity index (χ4n) is 1.33. The molecule has 0 spiro atoms. The number of hydrazine groups is 1. The van der Waals surface area contributed by atoms with Crippen LogP contribution in [0.5, 0.6) is 0 Å². The molecule has 5 nitrogen and oxygen atoms in total. The van der Waals surface area contributed by atoms with Crippen molar-refractivity contribution in [2.45, 2.75) is 26.7 Å². The maximum atomic E-state index is 11.8. The number of nitrogens with one attached hydrogen (secondary N) is 2. The van der Waals surface area contributed by atoms with Crippen LogP contribution in [0, 0.1) is 6.92 Å². The monoisotopic (exact) mass is 222 g/mol. The summed E-state index contributed by atoms with van der Waals surface area (Å²) in [5.74, 6) is 5.21. The van der Waals surface area contributed by atoms with Crippen LogP contribution in [0.1, 0.15) is 35.8 Å². The van der Waals surface area contributed by atoms with Crippen molar-refractivity contribution in [3.8, 4) is 0 Å². The van der Waals surface area contributed by atoms with Gasteiger partial charge in [-0.25, -0.2) is 0 Å². The number of rotatable bonds is 5. The minimum absolute atomic E-state index is 0.145. The molecule has 0 saturated carbocycles. The zero-order valence-electron chi connectivity index (χ0n) is 9.71. The van der Waals surface area contributed by atoms with Gasteiger partial charge in [-0.2, -0.15) is 0 Å². The van der Waals surface area contributed by atoms with E-state index in [-0.39, 0.29) is 5.91 Å². The van der Waals surface area contributed by atoms with Gasteiger partial charge < -0.3 is 10.7 Å². The Kier molecular flexibility index (Phi) is 4.72. The molecule has 5 heteroatoms. The molecule has 0 aliphatic heterocycles. The zero-order chi connectivity index (χ0) is 12.0. The Balaban J connectivity index is 2.74. The van der Waals surface area contributed by atoms with Gasteiger partial charge in [0.15, 0.2) is 0 Å². The summed E-state index contributed by atoms with van der Waals surface area (Å²) in [6, 6.07) is 1.74. The maximum absolute atomic E-state index is 11.8. The molecule has 0 fully saturated rings. The highest BCUT2D eigenvalue weighted by Crippen LogP contribution is 2.13. The van der Waals surface area contributed by atoms with Crippen molar-refractivity contribution in [1.29, 1.82) is 0 Å². The topological polar surface area (TPSA) is 80.0 Å². The molecular formula is C11H18N4O. The van der Waals surface area contributed by atoms with Crippen LogP contribution in [0.25, 0.3) is 0 Å². The lowest BCUT2D eigenvalue weighted by Gasteiger charge is -2.09. The average Bonchev–Trinajstić information content (AvgIpc) is 2.29. The summed E-state index contributed by atoms with van der Waals surface area (Å²) < 4.78 is 0. The molecule has 0 unspecified atom stereocenters. The third-order valence-corrected chi connectivity index (χ3v) is 2.26. The van der Waals surface area contributed by atoms with Gasteiger partial charge in [-0.1, -0.05) is 13.3 Å². The van der Waals surface area contributed by atoms with Crippen molar-refractivity contribution in [3.05, 3.63) is 23.5 Å². The first kappa shape index (κ1) is 12.4. The summed E-state index contributed by atoms with van der Waals surface area (Å²) >= 11 is 0. The van der Waals surface area contributed by atoms with E-state index in [0.29, 0.717) is 17.8 Å². The predicted molar refractivity (Wildman–Crippen MR) is 64.0 cm³/mol. The summed E-state index contributed by atoms with van der Waals surface area (Å²) in [7, 11) is 0. The standard InChI is InChI=1S/C11H18N4O/c1-3-4-5-13-11(16)9-7-14-8(2)6-10(9)15-12/h6-7H,3-5,12H2,1-2H3,(H,13,16)(H,14,15). The highest BCUT2D eigenvalue weighted by molar-refractivity contribution is 5.99. The molecule has 1 heterocycles. The Labute approximate surface area is 95.4 Å². The SMILES string of the molecule is CCCCNC(=O)c1cnc(C)cc1NN. The Morgan fingerprint density at radius 3 is 2.94 bits per heavy atom. The molecule has 1 aromatic heterocycles. The number of aromatic nitrogens is 1. The van der Waals surface area contributed by atoms with Crippen LogP contribution in [0.3, 0.4) is 0 Å². The van der Waals surface area contributed by atoms with Gasteiger partial charge in [0.25, 0.3) is 5.91 Å². The Hall–Kier alpha value is -1.62. The Bertz CT molecular complexity index is 365. The molecule has 1 rings (SSSR count). The van der Waals surface area contributed by atoms with Crippen molar-refractivity contribution >= 4 is 11.6 Å². The molecule has 16 heavy (non-hydrogen) atoms. The van der Waals surface area contributed by atoms with Gasteiger partial charge in [0, 0.05) is 18.4 Å². The number of amides is 1. The van der Waals surface area contributed by atoms with Crippen molar-refractivity contribution < 1.29 is 4.79 Å². The van der Waals surface area contributed by atoms with E-state index in [4.69, 9.17) is 5.84 Å². The molecule has 0 aliphatic carbocycles. The van der Waals surface area contributed by atoms with Crippen molar-refractivity contribution in [2.24, 2.45) is 5.84 Å². The maximum Gasteiger partial charge on any atom is 0.255 e. The van der Waals surface area contributed by atoms with E-state index >= 15 is 0 Å². The van der Waals surface area contributed by atoms with Gasteiger partial charge in [0.2, 0.25) is 0 Å². The number of carbonyl (C=O) groups is 1. The van der Waals surface area contributed by atoms with Gasteiger partial charge in [0.1, 0.15) is 0 Å². The van der Waals surface area contributed by atoms with E-state index in [9.17, 15) is 4.79 Å². The minimum Gasteiger partial charge on any atom is -0.352 e. The van der Waals surface area contributed by atoms with E-state index in [1.807, 2.05) is 6.92 Å². The van der Waals surface area contributed by atoms with Gasteiger partial charge in [0.05, 0.1) is 11.3 Å². The van der Waals surface area contributed by atoms with Crippen LogP contribution in [0.2, 0.25) is 0 Å². The highest BCUT2D eigenvalue weighted by atomic mass is 16.1. The Morgan fingerprint density at radius 2 is 2.31 bits per heavy atom. The first-order chi connectivity index (χ1) is 7.69. The Morgan fingerprint density at radius 1 is 1.56 bits per heavy atom. The largest absolute Gasteiger partial charge is 0.352 e. The third-order valence-electron chi connectivity index (χ3n) is 2.26. The van der Waals surface area contributed by atoms with Crippen molar-refractivity contribution in [2.75, 3.05) is 12.0 Å². The number of anilines is 1. The molecule has 1 amide bonds. The van der Waals surface area contributed by atoms with Crippen LogP contribution >= 0.6 is 0 Å². The minimum atomic E-state index is -0.145. The lowest BCUT2D eigenvalue weighted by Crippen LogP contribution is -2.26. The quantitative estimate of drug-likeness (QED) is 0.397. The normalized spacial score (nSPS) is 9.94. The number of hydrogen-bond donors (Lipinski definition) is 3. The second-order valence-electron chi connectivity index (χ2n) is 3.63. The summed E-state index contributed by atoms with van der Waals surface area (Å²) in [5, 5.41) is 2.82. The fourth-order valence-corrected chi connectivity index (χ4v) is 1.33. The van der Waals surface area contributed by atoms with E-state index in [0.717, 1.165) is 18.5 Å². The highest BCUT2D eigenvalue weighted by Gasteiger charge is 2.10. The number of nitrogen functional groups attached to an aromatic ring is 1. The van der Waals surface area contributed by atoms with Gasteiger partial charge >= 0.3 is 0 Å². The molecule has 88 valence electrons. The van der Waals surface area contributed by atoms with E-state index < -0.39 is 0 Å². The molecule has 0 saturated heterocycles. The van der Waals surface area contributed by atoms with Crippen LogP contribution in [-0.4, -0.2) is 17.4 Å². The van der Waals surface area contributed by atoms with Crippen molar-refractivity contribution in [3.63, 3.8) is 0 Å². The number of aryl methyl sites for hydroxylation is 1. The number of unbranched alkanes of at least 4 members (excludes halogenated alkanes) is 1. The fraction of sp³-hybridized carbons (Fsp3) is 0.455. The summed E-state index contributed by atoms with van der Waals surface area (Å²) in [6.07, 6.45) is 3.55. The number of carbonyl (C=O) groups excluding carboxylic acids is 1. The molecule has 0 aliphatic rings. The summed E-state index contributed by atoms with van der Waals surface area (Å²) in [5.41, 5.74) is 4.40. The number of nitrogens with zero attached hydrogens (tertiary/aromatic N) is 1. The molecular weight excluding hydrogens is 204 g/mol. The zero-order valence-corrected chi connectivity index (χ0v) is 9.71. The molecule has 0 radical (unpaired) electrons. The van der Waals surface area contributed by atoms with Crippen LogP contribution < -0.4 is 16.6 Å². The van der Waals surface area contributed by atoms with E-state index in [1.54, 1.807) is 6.07 Å². The summed E-state index contributed by atoms with van der Waals surface area (Å²) in [4.78, 5) is 15.8. The average molecular weight is 222 g/mol. The van der Waals surface area contributed by atoms with Gasteiger partial charge in [-0.3, -0.25) is 15.6 Å². The lowest BCUT2D eigenvalue weighted by molar-refractivity contribution is 0.0953. The number of nitrogens with two attached hydrogens (primary N) is 1. The van der Waals surface area contributed by atoms with Crippen LogP contribution in [-0.2, 0) is 0 Å².